The van der Waals surface area contributed by atoms with Gasteiger partial charge in [-0.1, -0.05) is 6.07 Å². The molecule has 0 atom stereocenters. The molecular formula is C28H29N9. The van der Waals surface area contributed by atoms with Crippen molar-refractivity contribution in [3.63, 3.8) is 0 Å². The Morgan fingerprint density at radius 2 is 2.00 bits per heavy atom. The van der Waals surface area contributed by atoms with Crippen molar-refractivity contribution in [3.8, 4) is 17.2 Å². The first kappa shape index (κ1) is 24.2. The van der Waals surface area contributed by atoms with Crippen LogP contribution in [0.5, 0.6) is 0 Å². The minimum absolute atomic E-state index is 0.509. The Hall–Kier alpha value is -4.55. The van der Waals surface area contributed by atoms with Crippen molar-refractivity contribution in [1.82, 2.24) is 24.5 Å². The highest BCUT2D eigenvalue weighted by molar-refractivity contribution is 6.10. The number of aromatic nitrogens is 4. The average Bonchev–Trinajstić information content (AvgIpc) is 3.38. The first-order valence-corrected chi connectivity index (χ1v) is 12.3. The normalized spacial score (nSPS) is 14.9. The van der Waals surface area contributed by atoms with Crippen LogP contribution in [0.15, 0.2) is 72.4 Å². The minimum Gasteiger partial charge on any atom is -0.404 e. The van der Waals surface area contributed by atoms with E-state index < -0.39 is 0 Å². The van der Waals surface area contributed by atoms with Crippen LogP contribution in [0.3, 0.4) is 0 Å². The van der Waals surface area contributed by atoms with Crippen molar-refractivity contribution < 1.29 is 0 Å². The highest BCUT2D eigenvalue weighted by Crippen LogP contribution is 2.30. The topological polar surface area (TPSA) is 112 Å². The third-order valence-electron chi connectivity index (χ3n) is 6.68. The number of aliphatic imine (C=N–C) groups is 1. The van der Waals surface area contributed by atoms with Crippen LogP contribution in [-0.4, -0.2) is 70.5 Å². The standard InChI is InChI=1S/C28H29N9/c1-31-17-23(15-29)22-14-26(28-24(16-30)19-34-37(28)20-22)21-5-6-27(33-18-21)36-12-10-35(11-13-36)9-7-25-4-2-3-8-32-25/h2-6,8,14-15,17-20H,7,9-13,29H2,1H3. The van der Waals surface area contributed by atoms with E-state index in [0.29, 0.717) is 5.56 Å². The lowest BCUT2D eigenvalue weighted by atomic mass is 10.0. The van der Waals surface area contributed by atoms with Crippen molar-refractivity contribution in [2.45, 2.75) is 6.42 Å². The monoisotopic (exact) mass is 491 g/mol. The average molecular weight is 492 g/mol. The molecule has 9 nitrogen and oxygen atoms in total. The first-order chi connectivity index (χ1) is 18.2. The molecule has 5 rings (SSSR count). The Kier molecular flexibility index (Phi) is 7.19. The number of anilines is 1. The fraction of sp³-hybridized carbons (Fsp3) is 0.250. The van der Waals surface area contributed by atoms with Crippen LogP contribution in [0, 0.1) is 11.3 Å². The van der Waals surface area contributed by atoms with Gasteiger partial charge in [0.25, 0.3) is 0 Å². The van der Waals surface area contributed by atoms with Gasteiger partial charge in [0.1, 0.15) is 11.9 Å². The van der Waals surface area contributed by atoms with E-state index in [1.165, 1.54) is 6.20 Å². The molecular weight excluding hydrogens is 462 g/mol. The number of nitrogens with zero attached hydrogens (tertiary/aromatic N) is 8. The van der Waals surface area contributed by atoms with Crippen molar-refractivity contribution in [2.24, 2.45) is 10.7 Å². The zero-order chi connectivity index (χ0) is 25.6. The molecule has 0 aliphatic carbocycles. The molecule has 0 spiro atoms. The predicted octanol–water partition coefficient (Wildman–Crippen LogP) is 3.03. The highest BCUT2D eigenvalue weighted by atomic mass is 15.3. The summed E-state index contributed by atoms with van der Waals surface area (Å²) in [7, 11) is 1.70. The molecule has 4 aromatic rings. The van der Waals surface area contributed by atoms with Gasteiger partial charge in [-0.15, -0.1) is 0 Å². The molecule has 1 saturated heterocycles. The van der Waals surface area contributed by atoms with Crippen molar-refractivity contribution >= 4 is 23.1 Å². The van der Waals surface area contributed by atoms with Gasteiger partial charge >= 0.3 is 0 Å². The maximum absolute atomic E-state index is 9.66. The van der Waals surface area contributed by atoms with Crippen LogP contribution < -0.4 is 10.6 Å². The number of piperazine rings is 1. The zero-order valence-corrected chi connectivity index (χ0v) is 20.8. The third-order valence-corrected chi connectivity index (χ3v) is 6.68. The lowest BCUT2D eigenvalue weighted by Crippen LogP contribution is -2.47. The van der Waals surface area contributed by atoms with Gasteiger partial charge in [0.2, 0.25) is 0 Å². The molecule has 0 unspecified atom stereocenters. The lowest BCUT2D eigenvalue weighted by Gasteiger charge is -2.35. The summed E-state index contributed by atoms with van der Waals surface area (Å²) in [5.74, 6) is 0.954. The summed E-state index contributed by atoms with van der Waals surface area (Å²) >= 11 is 0. The Balaban J connectivity index is 1.34. The highest BCUT2D eigenvalue weighted by Gasteiger charge is 2.19. The van der Waals surface area contributed by atoms with E-state index in [4.69, 9.17) is 10.7 Å². The number of hydrogen-bond donors (Lipinski definition) is 1. The van der Waals surface area contributed by atoms with Crippen LogP contribution in [0.1, 0.15) is 16.8 Å². The van der Waals surface area contributed by atoms with Gasteiger partial charge in [0.05, 0.1) is 17.3 Å². The largest absolute Gasteiger partial charge is 0.404 e. The molecule has 37 heavy (non-hydrogen) atoms. The smallest absolute Gasteiger partial charge is 0.128 e. The second kappa shape index (κ2) is 11.0. The number of hydrogen-bond acceptors (Lipinski definition) is 8. The number of nitrogens with two attached hydrogens (primary N) is 1. The van der Waals surface area contributed by atoms with Gasteiger partial charge in [-0.25, -0.2) is 9.50 Å². The number of nitriles is 1. The van der Waals surface area contributed by atoms with Crippen molar-refractivity contribution in [2.75, 3.05) is 44.7 Å². The first-order valence-electron chi connectivity index (χ1n) is 12.3. The van der Waals surface area contributed by atoms with Crippen molar-refractivity contribution in [1.29, 1.82) is 5.26 Å². The summed E-state index contributed by atoms with van der Waals surface area (Å²) in [4.78, 5) is 18.1. The van der Waals surface area contributed by atoms with E-state index in [0.717, 1.165) is 78.4 Å². The quantitative estimate of drug-likeness (QED) is 0.396. The summed E-state index contributed by atoms with van der Waals surface area (Å²) in [5.41, 5.74) is 11.6. The SMILES string of the molecule is CN=CC(=CN)c1cc(-c2ccc(N3CCN(CCc4ccccn4)CC3)nc2)c2c(C#N)cnn2c1. The molecule has 0 aromatic carbocycles. The van der Waals surface area contributed by atoms with E-state index in [2.05, 4.69) is 49.1 Å². The van der Waals surface area contributed by atoms with Crippen molar-refractivity contribution in [3.05, 3.63) is 84.2 Å². The molecule has 4 aromatic heterocycles. The maximum atomic E-state index is 9.66. The molecule has 0 saturated carbocycles. The number of rotatable bonds is 7. The van der Waals surface area contributed by atoms with E-state index in [-0.39, 0.29) is 0 Å². The minimum atomic E-state index is 0.509. The number of fused-ring (bicyclic) bond motifs is 1. The van der Waals surface area contributed by atoms with Gasteiger partial charge in [-0.05, 0) is 30.3 Å². The van der Waals surface area contributed by atoms with Gasteiger partial charge in [-0.2, -0.15) is 10.4 Å². The molecule has 1 fully saturated rings. The zero-order valence-electron chi connectivity index (χ0n) is 20.8. The molecule has 186 valence electrons. The van der Waals surface area contributed by atoms with Crippen LogP contribution in [0.25, 0.3) is 22.2 Å². The summed E-state index contributed by atoms with van der Waals surface area (Å²) in [6.45, 7) is 4.85. The molecule has 0 radical (unpaired) electrons. The van der Waals surface area contributed by atoms with E-state index >= 15 is 0 Å². The predicted molar refractivity (Wildman–Crippen MR) is 146 cm³/mol. The van der Waals surface area contributed by atoms with Gasteiger partial charge < -0.3 is 10.6 Å². The molecule has 2 N–H and O–H groups in total. The number of allylic oxidation sites excluding steroid dienone is 1. The van der Waals surface area contributed by atoms with E-state index in [1.807, 2.05) is 36.8 Å². The van der Waals surface area contributed by atoms with Gasteiger partial charge in [-0.3, -0.25) is 14.9 Å². The van der Waals surface area contributed by atoms with Crippen LogP contribution >= 0.6 is 0 Å². The molecule has 5 heterocycles. The van der Waals surface area contributed by atoms with E-state index in [9.17, 15) is 5.26 Å². The van der Waals surface area contributed by atoms with Gasteiger partial charge in [0, 0.05) is 105 Å². The van der Waals surface area contributed by atoms with E-state index in [1.54, 1.807) is 24.0 Å². The summed E-state index contributed by atoms with van der Waals surface area (Å²) in [5, 5.41) is 14.0. The second-order valence-electron chi connectivity index (χ2n) is 8.92. The molecule has 0 bridgehead atoms. The summed E-state index contributed by atoms with van der Waals surface area (Å²) < 4.78 is 1.72. The molecule has 0 amide bonds. The Bertz CT molecular complexity index is 1460. The fourth-order valence-corrected chi connectivity index (χ4v) is 4.69. The van der Waals surface area contributed by atoms with Crippen LogP contribution in [0.4, 0.5) is 5.82 Å². The van der Waals surface area contributed by atoms with Gasteiger partial charge in [0.15, 0.2) is 0 Å². The molecule has 9 heteroatoms. The van der Waals surface area contributed by atoms with Crippen LogP contribution in [-0.2, 0) is 6.42 Å². The summed E-state index contributed by atoms with van der Waals surface area (Å²) in [6.07, 6.45) is 11.3. The Morgan fingerprint density at radius 3 is 2.68 bits per heavy atom. The van der Waals surface area contributed by atoms with Crippen LogP contribution in [0.2, 0.25) is 0 Å². The Labute approximate surface area is 216 Å². The fourth-order valence-electron chi connectivity index (χ4n) is 4.69. The summed E-state index contributed by atoms with van der Waals surface area (Å²) in [6, 6.07) is 14.4. The third kappa shape index (κ3) is 5.20. The Morgan fingerprint density at radius 1 is 1.14 bits per heavy atom. The number of pyridine rings is 3. The second-order valence-corrected chi connectivity index (χ2v) is 8.92. The maximum Gasteiger partial charge on any atom is 0.128 e. The molecule has 1 aliphatic rings. The molecule has 1 aliphatic heterocycles. The lowest BCUT2D eigenvalue weighted by molar-refractivity contribution is 0.259.